The lowest BCUT2D eigenvalue weighted by Crippen LogP contribution is -2.28. The summed E-state index contributed by atoms with van der Waals surface area (Å²) in [6, 6.07) is 2.54. The molecule has 0 atom stereocenters. The van der Waals surface area contributed by atoms with E-state index in [-0.39, 0.29) is 22.9 Å². The largest absolute Gasteiger partial charge is 0.381 e. The molecule has 0 amide bonds. The van der Waals surface area contributed by atoms with E-state index in [0.717, 1.165) is 43.1 Å². The number of aromatic nitrogens is 4. The van der Waals surface area contributed by atoms with Crippen LogP contribution >= 0.6 is 0 Å². The predicted molar refractivity (Wildman–Crippen MR) is 114 cm³/mol. The van der Waals surface area contributed by atoms with Crippen LogP contribution in [0.15, 0.2) is 24.5 Å². The molecule has 1 saturated heterocycles. The van der Waals surface area contributed by atoms with E-state index in [2.05, 4.69) is 15.7 Å². The van der Waals surface area contributed by atoms with Crippen molar-refractivity contribution in [2.24, 2.45) is 7.05 Å². The normalized spacial score (nSPS) is 17.0. The number of hydrogen-bond acceptors (Lipinski definition) is 5. The molecule has 0 saturated carbocycles. The Balaban J connectivity index is 1.52. The Morgan fingerprint density at radius 1 is 1.25 bits per heavy atom. The Labute approximate surface area is 183 Å². The zero-order valence-corrected chi connectivity index (χ0v) is 17.7. The van der Waals surface area contributed by atoms with Gasteiger partial charge in [-0.2, -0.15) is 10.2 Å². The van der Waals surface area contributed by atoms with E-state index in [1.54, 1.807) is 13.2 Å². The van der Waals surface area contributed by atoms with Gasteiger partial charge in [-0.25, -0.2) is 13.2 Å². The second kappa shape index (κ2) is 8.59. The molecule has 1 fully saturated rings. The highest BCUT2D eigenvalue weighted by Crippen LogP contribution is 2.37. The lowest BCUT2D eigenvalue weighted by Gasteiger charge is -2.25. The van der Waals surface area contributed by atoms with Gasteiger partial charge in [0.2, 0.25) is 0 Å². The smallest absolute Gasteiger partial charge is 0.264 e. The van der Waals surface area contributed by atoms with Gasteiger partial charge in [-0.05, 0) is 30.5 Å². The summed E-state index contributed by atoms with van der Waals surface area (Å²) in [6.07, 6.45) is 2.82. The van der Waals surface area contributed by atoms with Crippen LogP contribution in [0.25, 0.3) is 11.1 Å². The number of benzene rings is 1. The molecule has 10 heteroatoms. The van der Waals surface area contributed by atoms with Crippen molar-refractivity contribution < 1.29 is 17.9 Å². The fourth-order valence-corrected chi connectivity index (χ4v) is 4.51. The zero-order valence-electron chi connectivity index (χ0n) is 17.7. The highest BCUT2D eigenvalue weighted by molar-refractivity contribution is 5.72. The quantitative estimate of drug-likeness (QED) is 0.618. The molecule has 0 unspecified atom stereocenters. The van der Waals surface area contributed by atoms with Gasteiger partial charge in [0.1, 0.15) is 5.82 Å². The van der Waals surface area contributed by atoms with E-state index in [9.17, 15) is 8.78 Å². The summed E-state index contributed by atoms with van der Waals surface area (Å²) >= 11 is 0. The fraction of sp³-hybridized carbons (Fsp3) is 0.455. The maximum absolute atomic E-state index is 15.1. The minimum atomic E-state index is -2.76. The van der Waals surface area contributed by atoms with Crippen molar-refractivity contribution in [1.82, 2.24) is 24.9 Å². The first kappa shape index (κ1) is 21.0. The van der Waals surface area contributed by atoms with Crippen molar-refractivity contribution in [2.45, 2.75) is 38.3 Å². The van der Waals surface area contributed by atoms with Crippen molar-refractivity contribution in [3.05, 3.63) is 47.2 Å². The number of halogens is 3. The van der Waals surface area contributed by atoms with Gasteiger partial charge in [0.25, 0.3) is 6.43 Å². The van der Waals surface area contributed by atoms with Crippen LogP contribution in [-0.2, 0) is 24.8 Å². The van der Waals surface area contributed by atoms with Gasteiger partial charge in [0.15, 0.2) is 5.82 Å². The SMILES string of the molecule is Cn1cc(-c2cc(F)c(Nc3nn(C4CCOCC4)c4c3CNCC4)cc2C(F)F)cn1. The summed E-state index contributed by atoms with van der Waals surface area (Å²) in [6.45, 7) is 2.80. The molecule has 3 aromatic rings. The van der Waals surface area contributed by atoms with Crippen molar-refractivity contribution in [2.75, 3.05) is 25.1 Å². The number of ether oxygens (including phenoxy) is 1. The van der Waals surface area contributed by atoms with Crippen LogP contribution in [0.4, 0.5) is 24.7 Å². The monoisotopic (exact) mass is 446 g/mol. The number of alkyl halides is 2. The molecule has 5 rings (SSSR count). The Hall–Kier alpha value is -2.85. The molecule has 0 aliphatic carbocycles. The van der Waals surface area contributed by atoms with Gasteiger partial charge in [0.05, 0.1) is 17.9 Å². The van der Waals surface area contributed by atoms with E-state index < -0.39 is 12.2 Å². The van der Waals surface area contributed by atoms with Gasteiger partial charge in [-0.1, -0.05) is 0 Å². The highest BCUT2D eigenvalue weighted by Gasteiger charge is 2.27. The Bertz CT molecular complexity index is 1120. The summed E-state index contributed by atoms with van der Waals surface area (Å²) in [5.74, 6) is -0.113. The minimum absolute atomic E-state index is 0.0158. The van der Waals surface area contributed by atoms with Crippen molar-refractivity contribution in [3.8, 4) is 11.1 Å². The lowest BCUT2D eigenvalue weighted by atomic mass is 10.0. The average Bonchev–Trinajstić information content (AvgIpc) is 3.39. The van der Waals surface area contributed by atoms with Crippen molar-refractivity contribution in [1.29, 1.82) is 0 Å². The summed E-state index contributed by atoms with van der Waals surface area (Å²) in [5.41, 5.74) is 2.37. The number of hydrogen-bond donors (Lipinski definition) is 2. The number of anilines is 2. The van der Waals surface area contributed by atoms with Crippen LogP contribution in [-0.4, -0.2) is 39.3 Å². The van der Waals surface area contributed by atoms with Gasteiger partial charge in [-0.3, -0.25) is 9.36 Å². The number of rotatable bonds is 5. The predicted octanol–water partition coefficient (Wildman–Crippen LogP) is 4.10. The number of nitrogens with one attached hydrogen (secondary N) is 2. The standard InChI is InChI=1S/C22H25F3N6O/c1-30-12-13(10-27-30)15-8-18(23)19(9-16(15)21(24)25)28-22-17-11-26-5-2-20(17)31(29-22)14-3-6-32-7-4-14/h8-10,12,14,21,26H,2-7,11H2,1H3,(H,28,29). The number of fused-ring (bicyclic) bond motifs is 1. The summed E-state index contributed by atoms with van der Waals surface area (Å²) in [5, 5.41) is 15.1. The van der Waals surface area contributed by atoms with E-state index in [1.165, 1.54) is 16.9 Å². The maximum atomic E-state index is 15.1. The molecular formula is C22H25F3N6O. The zero-order chi connectivity index (χ0) is 22.2. The molecule has 2 aromatic heterocycles. The second-order valence-electron chi connectivity index (χ2n) is 8.24. The third-order valence-electron chi connectivity index (χ3n) is 6.14. The summed E-state index contributed by atoms with van der Waals surface area (Å²) in [7, 11) is 1.68. The Morgan fingerprint density at radius 3 is 2.78 bits per heavy atom. The molecule has 2 N–H and O–H groups in total. The Kier molecular flexibility index (Phi) is 5.64. The molecule has 1 aromatic carbocycles. The molecular weight excluding hydrogens is 421 g/mol. The summed E-state index contributed by atoms with van der Waals surface area (Å²) < 4.78 is 51.8. The molecule has 0 radical (unpaired) electrons. The number of aryl methyl sites for hydroxylation is 1. The van der Waals surface area contributed by atoms with E-state index in [1.807, 2.05) is 4.68 Å². The van der Waals surface area contributed by atoms with E-state index >= 15 is 4.39 Å². The molecule has 7 nitrogen and oxygen atoms in total. The highest BCUT2D eigenvalue weighted by atomic mass is 19.3. The first-order valence-electron chi connectivity index (χ1n) is 10.8. The number of nitrogens with zero attached hydrogens (tertiary/aromatic N) is 4. The average molecular weight is 446 g/mol. The third kappa shape index (κ3) is 3.88. The molecule has 0 bridgehead atoms. The van der Waals surface area contributed by atoms with Crippen LogP contribution in [0.1, 0.15) is 42.1 Å². The topological polar surface area (TPSA) is 68.9 Å². The molecule has 2 aliphatic rings. The molecule has 2 aliphatic heterocycles. The van der Waals surface area contributed by atoms with E-state index in [4.69, 9.17) is 9.84 Å². The maximum Gasteiger partial charge on any atom is 0.264 e. The van der Waals surface area contributed by atoms with Crippen molar-refractivity contribution >= 4 is 11.5 Å². The summed E-state index contributed by atoms with van der Waals surface area (Å²) in [4.78, 5) is 0. The van der Waals surface area contributed by atoms with Crippen LogP contribution < -0.4 is 10.6 Å². The first-order valence-corrected chi connectivity index (χ1v) is 10.8. The van der Waals surface area contributed by atoms with Gasteiger partial charge < -0.3 is 15.4 Å². The first-order chi connectivity index (χ1) is 15.5. The van der Waals surface area contributed by atoms with Crippen LogP contribution in [0.2, 0.25) is 0 Å². The molecule has 0 spiro atoms. The molecule has 170 valence electrons. The molecule has 32 heavy (non-hydrogen) atoms. The Morgan fingerprint density at radius 2 is 2.06 bits per heavy atom. The van der Waals surface area contributed by atoms with Gasteiger partial charge >= 0.3 is 0 Å². The van der Waals surface area contributed by atoms with Gasteiger partial charge in [-0.15, -0.1) is 0 Å². The fourth-order valence-electron chi connectivity index (χ4n) is 4.51. The van der Waals surface area contributed by atoms with Crippen LogP contribution in [0, 0.1) is 5.82 Å². The second-order valence-corrected chi connectivity index (χ2v) is 8.24. The van der Waals surface area contributed by atoms with E-state index in [0.29, 0.717) is 31.1 Å². The minimum Gasteiger partial charge on any atom is -0.381 e. The lowest BCUT2D eigenvalue weighted by molar-refractivity contribution is 0.0654. The van der Waals surface area contributed by atoms with Crippen molar-refractivity contribution in [3.63, 3.8) is 0 Å². The van der Waals surface area contributed by atoms with Crippen LogP contribution in [0.3, 0.4) is 0 Å². The van der Waals surface area contributed by atoms with Gasteiger partial charge in [0, 0.05) is 68.4 Å². The van der Waals surface area contributed by atoms with Crippen LogP contribution in [0.5, 0.6) is 0 Å². The molecule has 4 heterocycles. The third-order valence-corrected chi connectivity index (χ3v) is 6.14.